The molecule has 0 saturated heterocycles. The Kier molecular flexibility index (Phi) is 4.71. The number of rotatable bonds is 2. The summed E-state index contributed by atoms with van der Waals surface area (Å²) < 4.78 is 0. The number of amides is 1. The average molecular weight is 322 g/mol. The maximum Gasteiger partial charge on any atom is 0.260 e. The Morgan fingerprint density at radius 2 is 1.77 bits per heavy atom. The van der Waals surface area contributed by atoms with Crippen molar-refractivity contribution in [3.05, 3.63) is 11.3 Å². The Bertz CT molecular complexity index is 497. The van der Waals surface area contributed by atoms with Gasteiger partial charge in [0.25, 0.3) is 5.91 Å². The van der Waals surface area contributed by atoms with Crippen LogP contribution in [0.15, 0.2) is 11.3 Å². The maximum absolute atomic E-state index is 12.7. The molecule has 1 heterocycles. The van der Waals surface area contributed by atoms with Gasteiger partial charge in [-0.25, -0.2) is 0 Å². The lowest BCUT2D eigenvalue weighted by Crippen LogP contribution is -2.52. The number of likely N-dealkylation sites (N-methyl/N-ethyl adjacent to an activating group) is 1. The lowest BCUT2D eigenvalue weighted by atomic mass is 9.78. The van der Waals surface area contributed by atoms with Crippen LogP contribution in [0.2, 0.25) is 0 Å². The molecule has 2 atom stereocenters. The van der Waals surface area contributed by atoms with Crippen molar-refractivity contribution in [1.29, 1.82) is 0 Å². The predicted molar refractivity (Wildman–Crippen MR) is 90.8 cm³/mol. The molecule has 2 saturated carbocycles. The minimum atomic E-state index is -0.117. The molecule has 1 aliphatic heterocycles. The summed E-state index contributed by atoms with van der Waals surface area (Å²) in [6.45, 7) is 0. The Labute approximate surface area is 137 Å². The van der Waals surface area contributed by atoms with Gasteiger partial charge in [-0.1, -0.05) is 44.3 Å². The summed E-state index contributed by atoms with van der Waals surface area (Å²) >= 11 is 5.48. The van der Waals surface area contributed by atoms with Crippen molar-refractivity contribution in [2.45, 2.75) is 69.9 Å². The number of thiocarbonyl (C=S) groups is 1. The second-order valence-corrected chi connectivity index (χ2v) is 7.35. The molecule has 2 unspecified atom stereocenters. The molecule has 5 heteroatoms. The predicted octanol–water partition coefficient (Wildman–Crippen LogP) is 3.08. The van der Waals surface area contributed by atoms with E-state index in [1.165, 1.54) is 19.3 Å². The summed E-state index contributed by atoms with van der Waals surface area (Å²) in [6, 6.07) is 0.492. The van der Waals surface area contributed by atoms with Gasteiger partial charge in [0.2, 0.25) is 0 Å². The third-order valence-corrected chi connectivity index (χ3v) is 5.86. The number of nitrogens with one attached hydrogen (secondary N) is 1. The van der Waals surface area contributed by atoms with E-state index in [2.05, 4.69) is 5.32 Å². The van der Waals surface area contributed by atoms with Crippen molar-refractivity contribution < 1.29 is 9.90 Å². The summed E-state index contributed by atoms with van der Waals surface area (Å²) in [5, 5.41) is 14.0. The Hall–Kier alpha value is -1.10. The fraction of sp³-hybridized carbons (Fsp3) is 0.765. The zero-order chi connectivity index (χ0) is 15.7. The van der Waals surface area contributed by atoms with Gasteiger partial charge >= 0.3 is 0 Å². The highest BCUT2D eigenvalue weighted by Gasteiger charge is 2.42. The molecule has 0 bridgehead atoms. The quantitative estimate of drug-likeness (QED) is 0.767. The summed E-state index contributed by atoms with van der Waals surface area (Å²) in [7, 11) is 1.85. The number of nitrogens with zero attached hydrogens (tertiary/aromatic N) is 1. The van der Waals surface area contributed by atoms with Crippen molar-refractivity contribution in [2.24, 2.45) is 5.92 Å². The number of carbonyl (C=O) groups is 1. The van der Waals surface area contributed by atoms with Gasteiger partial charge in [-0.05, 0) is 25.7 Å². The lowest BCUT2D eigenvalue weighted by molar-refractivity contribution is -0.130. The number of hydrogen-bond donors (Lipinski definition) is 2. The Balaban J connectivity index is 1.80. The summed E-state index contributed by atoms with van der Waals surface area (Å²) in [6.07, 6.45) is 10.1. The molecule has 0 aromatic rings. The molecule has 0 spiro atoms. The molecule has 0 aromatic carbocycles. The highest BCUT2D eigenvalue weighted by molar-refractivity contribution is 7.80. The molecule has 122 valence electrons. The monoisotopic (exact) mass is 322 g/mol. The van der Waals surface area contributed by atoms with Crippen LogP contribution in [-0.4, -0.2) is 40.0 Å². The van der Waals surface area contributed by atoms with Gasteiger partial charge in [0.1, 0.15) is 16.3 Å². The van der Waals surface area contributed by atoms with Crippen LogP contribution in [0, 0.1) is 5.92 Å². The molecular weight excluding hydrogens is 296 g/mol. The van der Waals surface area contributed by atoms with E-state index in [-0.39, 0.29) is 23.6 Å². The van der Waals surface area contributed by atoms with Crippen molar-refractivity contribution in [2.75, 3.05) is 7.05 Å². The second-order valence-electron chi connectivity index (χ2n) is 6.94. The maximum atomic E-state index is 12.7. The molecule has 1 amide bonds. The number of aliphatic hydroxyl groups is 1. The van der Waals surface area contributed by atoms with E-state index in [1.807, 2.05) is 7.05 Å². The van der Waals surface area contributed by atoms with Crippen molar-refractivity contribution in [3.8, 4) is 0 Å². The molecule has 22 heavy (non-hydrogen) atoms. The third-order valence-electron chi connectivity index (χ3n) is 5.54. The van der Waals surface area contributed by atoms with Crippen LogP contribution < -0.4 is 5.32 Å². The van der Waals surface area contributed by atoms with Crippen molar-refractivity contribution >= 4 is 23.1 Å². The number of fused-ring (bicyclic) bond motifs is 1. The summed E-state index contributed by atoms with van der Waals surface area (Å²) in [5.41, 5.74) is 0.353. The van der Waals surface area contributed by atoms with E-state index in [9.17, 15) is 9.90 Å². The number of hydrogen-bond acceptors (Lipinski definition) is 3. The average Bonchev–Trinajstić information content (AvgIpc) is 2.54. The molecule has 3 aliphatic rings. The van der Waals surface area contributed by atoms with Gasteiger partial charge in [0.05, 0.1) is 0 Å². The van der Waals surface area contributed by atoms with Crippen LogP contribution in [0.4, 0.5) is 0 Å². The van der Waals surface area contributed by atoms with Crippen molar-refractivity contribution in [3.63, 3.8) is 0 Å². The standard InChI is InChI=1S/C17H26N2O2S/c1-19-13-10-6-5-9-12(13)15(20)14(17(19)21)16(22)18-11-7-3-2-4-8-11/h11-13,20H,2-10H2,1H3,(H,18,22). The number of carbonyl (C=O) groups excluding carboxylic acids is 1. The van der Waals surface area contributed by atoms with Crippen molar-refractivity contribution in [1.82, 2.24) is 10.2 Å². The van der Waals surface area contributed by atoms with Crippen LogP contribution in [0.25, 0.3) is 0 Å². The highest BCUT2D eigenvalue weighted by Crippen LogP contribution is 2.37. The molecule has 3 rings (SSSR count). The smallest absolute Gasteiger partial charge is 0.260 e. The van der Waals surface area contributed by atoms with Gasteiger partial charge in [-0.2, -0.15) is 0 Å². The molecule has 2 fully saturated rings. The van der Waals surface area contributed by atoms with Gasteiger partial charge in [0.15, 0.2) is 0 Å². The van der Waals surface area contributed by atoms with Crippen LogP contribution in [0.1, 0.15) is 57.8 Å². The minimum absolute atomic E-state index is 0.0672. The van der Waals surface area contributed by atoms with Gasteiger partial charge in [-0.15, -0.1) is 0 Å². The summed E-state index contributed by atoms with van der Waals surface area (Å²) in [4.78, 5) is 14.9. The first-order chi connectivity index (χ1) is 10.6. The fourth-order valence-electron chi connectivity index (χ4n) is 4.23. The minimum Gasteiger partial charge on any atom is -0.511 e. The highest BCUT2D eigenvalue weighted by atomic mass is 32.1. The Morgan fingerprint density at radius 3 is 2.50 bits per heavy atom. The van der Waals surface area contributed by atoms with E-state index >= 15 is 0 Å². The first kappa shape index (κ1) is 15.8. The Morgan fingerprint density at radius 1 is 1.14 bits per heavy atom. The van der Waals surface area contributed by atoms with Crippen LogP contribution in [-0.2, 0) is 4.79 Å². The molecule has 2 aliphatic carbocycles. The van der Waals surface area contributed by atoms with E-state index in [1.54, 1.807) is 4.90 Å². The fourth-order valence-corrected chi connectivity index (χ4v) is 4.59. The topological polar surface area (TPSA) is 52.6 Å². The number of aliphatic hydroxyl groups excluding tert-OH is 1. The molecule has 4 nitrogen and oxygen atoms in total. The second kappa shape index (κ2) is 6.57. The zero-order valence-corrected chi connectivity index (χ0v) is 14.1. The first-order valence-corrected chi connectivity index (χ1v) is 9.01. The van der Waals surface area contributed by atoms with Crippen LogP contribution in [0.3, 0.4) is 0 Å². The van der Waals surface area contributed by atoms with E-state index in [4.69, 9.17) is 12.2 Å². The van der Waals surface area contributed by atoms with Gasteiger partial charge in [-0.3, -0.25) is 4.79 Å². The molecule has 0 radical (unpaired) electrons. The van der Waals surface area contributed by atoms with E-state index in [0.717, 1.165) is 38.5 Å². The van der Waals surface area contributed by atoms with Gasteiger partial charge < -0.3 is 15.3 Å². The first-order valence-electron chi connectivity index (χ1n) is 8.60. The normalized spacial score (nSPS) is 30.2. The zero-order valence-electron chi connectivity index (χ0n) is 13.3. The lowest BCUT2D eigenvalue weighted by Gasteiger charge is -2.42. The van der Waals surface area contributed by atoms with Gasteiger partial charge in [0, 0.05) is 25.0 Å². The van der Waals surface area contributed by atoms with Crippen LogP contribution in [0.5, 0.6) is 0 Å². The van der Waals surface area contributed by atoms with E-state index < -0.39 is 0 Å². The molecular formula is C17H26N2O2S. The van der Waals surface area contributed by atoms with Crippen LogP contribution >= 0.6 is 12.2 Å². The summed E-state index contributed by atoms with van der Waals surface area (Å²) in [5.74, 6) is 0.188. The molecule has 0 aromatic heterocycles. The molecule has 2 N–H and O–H groups in total. The van der Waals surface area contributed by atoms with E-state index in [0.29, 0.717) is 16.6 Å². The SMILES string of the molecule is CN1C(=O)C(C(=S)NC2CCCCC2)=C(O)C2CCCCC21. The third kappa shape index (κ3) is 2.87. The largest absolute Gasteiger partial charge is 0.511 e.